The molecular weight excluding hydrogens is 444 g/mol. The maximum Gasteiger partial charge on any atom is 0.336 e. The monoisotopic (exact) mass is 474 g/mol. The fourth-order valence-electron chi connectivity index (χ4n) is 4.25. The van der Waals surface area contributed by atoms with Crippen LogP contribution in [0.4, 0.5) is 0 Å². The summed E-state index contributed by atoms with van der Waals surface area (Å²) in [5.41, 5.74) is 1.80. The molecule has 0 radical (unpaired) electrons. The highest BCUT2D eigenvalue weighted by atomic mass is 16.4. The van der Waals surface area contributed by atoms with Crippen LogP contribution in [-0.2, 0) is 18.5 Å². The van der Waals surface area contributed by atoms with E-state index in [1.165, 1.54) is 4.68 Å². The Balaban J connectivity index is 1.79. The van der Waals surface area contributed by atoms with Gasteiger partial charge < -0.3 is 9.67 Å². The molecule has 8 heteroatoms. The number of nitrogens with zero attached hydrogens (tertiary/aromatic N) is 3. The van der Waals surface area contributed by atoms with Crippen LogP contribution in [0.25, 0.3) is 22.2 Å². The van der Waals surface area contributed by atoms with Gasteiger partial charge in [-0.25, -0.2) is 14.5 Å². The van der Waals surface area contributed by atoms with E-state index >= 15 is 0 Å². The van der Waals surface area contributed by atoms with Crippen LogP contribution in [0.5, 0.6) is 0 Å². The summed E-state index contributed by atoms with van der Waals surface area (Å²) in [6.07, 6.45) is 2.51. The summed E-state index contributed by atoms with van der Waals surface area (Å²) in [5.74, 6) is -0.272. The first-order valence-corrected chi connectivity index (χ1v) is 11.8. The summed E-state index contributed by atoms with van der Waals surface area (Å²) in [7, 11) is 0. The van der Waals surface area contributed by atoms with Crippen molar-refractivity contribution in [3.63, 3.8) is 0 Å². The highest BCUT2D eigenvalue weighted by Gasteiger charge is 2.23. The van der Waals surface area contributed by atoms with E-state index in [0.717, 1.165) is 24.0 Å². The number of unbranched alkanes of at least 4 members (excludes halogenated alkanes) is 1. The first kappa shape index (κ1) is 24.2. The van der Waals surface area contributed by atoms with Crippen LogP contribution in [0.1, 0.15) is 62.3 Å². The van der Waals surface area contributed by atoms with E-state index in [9.17, 15) is 19.5 Å². The minimum atomic E-state index is -0.977. The maximum atomic E-state index is 13.2. The van der Waals surface area contributed by atoms with Gasteiger partial charge in [-0.15, -0.1) is 0 Å². The van der Waals surface area contributed by atoms with E-state index in [4.69, 9.17) is 0 Å². The highest BCUT2D eigenvalue weighted by molar-refractivity contribution is 5.96. The molecule has 2 aromatic heterocycles. The summed E-state index contributed by atoms with van der Waals surface area (Å²) in [5, 5.41) is 12.2. The van der Waals surface area contributed by atoms with E-state index < -0.39 is 11.5 Å². The van der Waals surface area contributed by atoms with Gasteiger partial charge in [0.25, 0.3) is 11.1 Å². The smallest absolute Gasteiger partial charge is 0.336 e. The van der Waals surface area contributed by atoms with Gasteiger partial charge in [0.2, 0.25) is 0 Å². The van der Waals surface area contributed by atoms with E-state index in [1.807, 2.05) is 55.7 Å². The van der Waals surface area contributed by atoms with Crippen molar-refractivity contribution in [3.05, 3.63) is 86.2 Å². The van der Waals surface area contributed by atoms with Crippen LogP contribution in [0, 0.1) is 0 Å². The van der Waals surface area contributed by atoms with Crippen molar-refractivity contribution in [3.8, 4) is 11.1 Å². The van der Waals surface area contributed by atoms with Gasteiger partial charge in [0.1, 0.15) is 11.3 Å². The predicted octanol–water partition coefficient (Wildman–Crippen LogP) is 4.40. The molecule has 0 saturated heterocycles. The van der Waals surface area contributed by atoms with Gasteiger partial charge in [0, 0.05) is 13.0 Å². The Morgan fingerprint density at radius 1 is 1.06 bits per heavy atom. The third-order valence-corrected chi connectivity index (χ3v) is 6.07. The zero-order chi connectivity index (χ0) is 25.3. The lowest BCUT2D eigenvalue weighted by atomic mass is 9.99. The normalized spacial score (nSPS) is 11.8. The number of carboxylic acids is 1. The molecule has 0 aliphatic rings. The lowest BCUT2D eigenvalue weighted by Gasteiger charge is -2.21. The number of aromatic amines is 1. The summed E-state index contributed by atoms with van der Waals surface area (Å²) >= 11 is 0. The average molecular weight is 475 g/mol. The number of fused-ring (bicyclic) bond motifs is 1. The quantitative estimate of drug-likeness (QED) is 0.413. The molecule has 2 aromatic carbocycles. The SMILES string of the molecule is CCCCc1nc2c(=O)n(C(C)(C)C)[nH]c(=O)c2n1Cc1ccc(-c2ccccc2C(=O)O)cc1. The number of aromatic nitrogens is 4. The van der Waals surface area contributed by atoms with E-state index in [0.29, 0.717) is 24.4 Å². The molecule has 4 rings (SSSR count). The van der Waals surface area contributed by atoms with Gasteiger partial charge in [-0.3, -0.25) is 14.7 Å². The molecule has 0 atom stereocenters. The van der Waals surface area contributed by atoms with Crippen LogP contribution in [-0.4, -0.2) is 30.4 Å². The summed E-state index contributed by atoms with van der Waals surface area (Å²) in [6.45, 7) is 8.03. The molecule has 8 nitrogen and oxygen atoms in total. The summed E-state index contributed by atoms with van der Waals surface area (Å²) in [6, 6.07) is 14.4. The van der Waals surface area contributed by atoms with Crippen LogP contribution < -0.4 is 11.1 Å². The van der Waals surface area contributed by atoms with E-state index in [1.54, 1.807) is 18.2 Å². The Labute approximate surface area is 202 Å². The first-order chi connectivity index (χ1) is 16.6. The van der Waals surface area contributed by atoms with Crippen molar-refractivity contribution in [2.24, 2.45) is 0 Å². The predicted molar refractivity (Wildman–Crippen MR) is 136 cm³/mol. The largest absolute Gasteiger partial charge is 0.478 e. The molecule has 0 aliphatic carbocycles. The number of nitrogens with one attached hydrogen (secondary N) is 1. The summed E-state index contributed by atoms with van der Waals surface area (Å²) < 4.78 is 3.17. The second-order valence-corrected chi connectivity index (χ2v) is 9.71. The number of rotatable bonds is 7. The molecule has 182 valence electrons. The molecule has 0 bridgehead atoms. The fraction of sp³-hybridized carbons (Fsp3) is 0.333. The Morgan fingerprint density at radius 2 is 1.74 bits per heavy atom. The third kappa shape index (κ3) is 4.69. The molecule has 2 N–H and O–H groups in total. The molecule has 0 spiro atoms. The molecule has 0 fully saturated rings. The van der Waals surface area contributed by atoms with Crippen LogP contribution in [0.3, 0.4) is 0 Å². The van der Waals surface area contributed by atoms with E-state index in [2.05, 4.69) is 17.0 Å². The van der Waals surface area contributed by atoms with Crippen LogP contribution in [0.15, 0.2) is 58.1 Å². The van der Waals surface area contributed by atoms with Gasteiger partial charge in [-0.1, -0.05) is 55.8 Å². The van der Waals surface area contributed by atoms with Crippen molar-refractivity contribution >= 4 is 17.0 Å². The number of benzene rings is 2. The molecule has 0 saturated carbocycles. The molecule has 35 heavy (non-hydrogen) atoms. The minimum absolute atomic E-state index is 0.182. The Bertz CT molecular complexity index is 1500. The highest BCUT2D eigenvalue weighted by Crippen LogP contribution is 2.25. The lowest BCUT2D eigenvalue weighted by Crippen LogP contribution is -2.40. The topological polar surface area (TPSA) is 110 Å². The lowest BCUT2D eigenvalue weighted by molar-refractivity contribution is 0.0697. The van der Waals surface area contributed by atoms with Gasteiger partial charge in [0.05, 0.1) is 11.1 Å². The maximum absolute atomic E-state index is 13.2. The van der Waals surface area contributed by atoms with Gasteiger partial charge >= 0.3 is 5.97 Å². The Morgan fingerprint density at radius 3 is 2.37 bits per heavy atom. The number of imidazole rings is 1. The molecule has 0 unspecified atom stereocenters. The second kappa shape index (κ2) is 9.37. The zero-order valence-electron chi connectivity index (χ0n) is 20.5. The van der Waals surface area contributed by atoms with Gasteiger partial charge in [0.15, 0.2) is 5.52 Å². The fourth-order valence-corrected chi connectivity index (χ4v) is 4.25. The minimum Gasteiger partial charge on any atom is -0.478 e. The number of H-pyrrole nitrogens is 1. The van der Waals surface area contributed by atoms with Crippen molar-refractivity contribution in [2.45, 2.75) is 59.0 Å². The van der Waals surface area contributed by atoms with Crippen LogP contribution in [0.2, 0.25) is 0 Å². The summed E-state index contributed by atoms with van der Waals surface area (Å²) in [4.78, 5) is 42.5. The number of aryl methyl sites for hydroxylation is 1. The van der Waals surface area contributed by atoms with Crippen molar-refractivity contribution in [2.75, 3.05) is 0 Å². The average Bonchev–Trinajstić information content (AvgIpc) is 3.18. The number of carbonyl (C=O) groups is 1. The molecule has 0 aliphatic heterocycles. The van der Waals surface area contributed by atoms with E-state index in [-0.39, 0.29) is 27.7 Å². The van der Waals surface area contributed by atoms with Gasteiger partial charge in [-0.05, 0) is 49.9 Å². The Hall–Kier alpha value is -3.94. The van der Waals surface area contributed by atoms with Crippen molar-refractivity contribution < 1.29 is 9.90 Å². The van der Waals surface area contributed by atoms with Crippen molar-refractivity contribution in [1.29, 1.82) is 0 Å². The second-order valence-electron chi connectivity index (χ2n) is 9.71. The number of aromatic carboxylic acids is 1. The Kier molecular flexibility index (Phi) is 6.47. The standard InChI is InChI=1S/C27H30N4O4/c1-5-6-11-21-28-22-23(24(32)29-31(25(22)33)27(2,3)4)30(21)16-17-12-14-18(15-13-17)19-9-7-8-10-20(19)26(34)35/h7-10,12-15H,5-6,11,16H2,1-4H3,(H,29,32)(H,34,35). The van der Waals surface area contributed by atoms with Crippen LogP contribution >= 0.6 is 0 Å². The molecular formula is C27H30N4O4. The number of carboxylic acid groups (broad SMARTS) is 1. The molecule has 2 heterocycles. The third-order valence-electron chi connectivity index (χ3n) is 6.07. The van der Waals surface area contributed by atoms with Crippen molar-refractivity contribution in [1.82, 2.24) is 19.3 Å². The first-order valence-electron chi connectivity index (χ1n) is 11.8. The number of hydrogen-bond acceptors (Lipinski definition) is 4. The number of hydrogen-bond donors (Lipinski definition) is 2. The molecule has 0 amide bonds. The zero-order valence-corrected chi connectivity index (χ0v) is 20.5. The molecule has 4 aromatic rings. The van der Waals surface area contributed by atoms with Gasteiger partial charge in [-0.2, -0.15) is 0 Å².